The summed E-state index contributed by atoms with van der Waals surface area (Å²) in [7, 11) is 0. The standard InChI is InChI=1S/C22H21NO2/c1-2-25-22(24)16-19(17-8-4-3-5-9-17)13-15-20-14-12-18-10-6-7-11-21(18)23-20/h3-15,19H,2,16H2,1H3. The number of allylic oxidation sites excluding steroid dienone is 1. The average molecular weight is 331 g/mol. The zero-order valence-corrected chi connectivity index (χ0v) is 14.3. The molecule has 1 aromatic heterocycles. The van der Waals surface area contributed by atoms with Crippen LogP contribution in [-0.4, -0.2) is 17.6 Å². The smallest absolute Gasteiger partial charge is 0.306 e. The van der Waals surface area contributed by atoms with Crippen molar-refractivity contribution in [3.8, 4) is 0 Å². The van der Waals surface area contributed by atoms with E-state index in [2.05, 4.69) is 11.1 Å². The average Bonchev–Trinajstić information content (AvgIpc) is 2.66. The van der Waals surface area contributed by atoms with Crippen molar-refractivity contribution in [1.29, 1.82) is 0 Å². The lowest BCUT2D eigenvalue weighted by Gasteiger charge is -2.12. The van der Waals surface area contributed by atoms with Crippen LogP contribution in [0.2, 0.25) is 0 Å². The van der Waals surface area contributed by atoms with Crippen LogP contribution in [0.4, 0.5) is 0 Å². The third-order valence-electron chi connectivity index (χ3n) is 4.04. The molecule has 0 aliphatic rings. The van der Waals surface area contributed by atoms with Crippen molar-refractivity contribution in [2.75, 3.05) is 6.61 Å². The number of rotatable bonds is 6. The Kier molecular flexibility index (Phi) is 5.57. The molecule has 0 bridgehead atoms. The van der Waals surface area contributed by atoms with Gasteiger partial charge in [0, 0.05) is 11.3 Å². The Balaban J connectivity index is 1.84. The molecule has 0 aliphatic heterocycles. The van der Waals surface area contributed by atoms with Crippen LogP contribution in [0.1, 0.15) is 30.5 Å². The second-order valence-electron chi connectivity index (χ2n) is 5.81. The molecule has 25 heavy (non-hydrogen) atoms. The largest absolute Gasteiger partial charge is 0.466 e. The van der Waals surface area contributed by atoms with Crippen LogP contribution < -0.4 is 0 Å². The number of hydrogen-bond donors (Lipinski definition) is 0. The topological polar surface area (TPSA) is 39.2 Å². The first-order chi connectivity index (χ1) is 12.3. The van der Waals surface area contributed by atoms with Crippen molar-refractivity contribution >= 4 is 22.9 Å². The SMILES string of the molecule is CCOC(=O)CC(C=Cc1ccc2ccccc2n1)c1ccccc1. The lowest BCUT2D eigenvalue weighted by Crippen LogP contribution is -2.09. The van der Waals surface area contributed by atoms with E-state index in [0.717, 1.165) is 22.2 Å². The van der Waals surface area contributed by atoms with Crippen molar-refractivity contribution in [2.45, 2.75) is 19.3 Å². The first kappa shape index (κ1) is 16.9. The van der Waals surface area contributed by atoms with Gasteiger partial charge in [-0.05, 0) is 30.7 Å². The lowest BCUT2D eigenvalue weighted by atomic mass is 9.95. The lowest BCUT2D eigenvalue weighted by molar-refractivity contribution is -0.143. The molecule has 126 valence electrons. The number of aromatic nitrogens is 1. The van der Waals surface area contributed by atoms with E-state index >= 15 is 0 Å². The van der Waals surface area contributed by atoms with Crippen molar-refractivity contribution in [3.63, 3.8) is 0 Å². The van der Waals surface area contributed by atoms with Gasteiger partial charge in [0.05, 0.1) is 24.2 Å². The van der Waals surface area contributed by atoms with Crippen LogP contribution in [0, 0.1) is 0 Å². The summed E-state index contributed by atoms with van der Waals surface area (Å²) in [6.45, 7) is 2.22. The van der Waals surface area contributed by atoms with Crippen molar-refractivity contribution in [3.05, 3.63) is 84.1 Å². The highest BCUT2D eigenvalue weighted by molar-refractivity contribution is 5.79. The molecule has 0 fully saturated rings. The van der Waals surface area contributed by atoms with E-state index in [4.69, 9.17) is 4.74 Å². The fourth-order valence-electron chi connectivity index (χ4n) is 2.79. The maximum atomic E-state index is 11.9. The van der Waals surface area contributed by atoms with Crippen molar-refractivity contribution in [2.24, 2.45) is 0 Å². The molecule has 1 atom stereocenters. The van der Waals surface area contributed by atoms with Crippen LogP contribution in [0.3, 0.4) is 0 Å². The minimum atomic E-state index is -0.188. The fraction of sp³-hybridized carbons (Fsp3) is 0.182. The Bertz CT molecular complexity index is 871. The van der Waals surface area contributed by atoms with Gasteiger partial charge in [0.15, 0.2) is 0 Å². The predicted octanol–water partition coefficient (Wildman–Crippen LogP) is 4.99. The van der Waals surface area contributed by atoms with Gasteiger partial charge in [-0.1, -0.05) is 60.7 Å². The summed E-state index contributed by atoms with van der Waals surface area (Å²) >= 11 is 0. The van der Waals surface area contributed by atoms with Gasteiger partial charge in [-0.3, -0.25) is 4.79 Å². The molecule has 0 saturated heterocycles. The quantitative estimate of drug-likeness (QED) is 0.598. The number of nitrogens with zero attached hydrogens (tertiary/aromatic N) is 1. The zero-order valence-electron chi connectivity index (χ0n) is 14.3. The minimum Gasteiger partial charge on any atom is -0.466 e. The summed E-state index contributed by atoms with van der Waals surface area (Å²) in [5, 5.41) is 1.12. The first-order valence-corrected chi connectivity index (χ1v) is 8.51. The number of ether oxygens (including phenoxy) is 1. The van der Waals surface area contributed by atoms with Gasteiger partial charge in [-0.2, -0.15) is 0 Å². The summed E-state index contributed by atoms with van der Waals surface area (Å²) in [4.78, 5) is 16.6. The maximum absolute atomic E-state index is 11.9. The summed E-state index contributed by atoms with van der Waals surface area (Å²) in [5.41, 5.74) is 2.93. The van der Waals surface area contributed by atoms with Crippen LogP contribution >= 0.6 is 0 Å². The van der Waals surface area contributed by atoms with Gasteiger partial charge in [-0.15, -0.1) is 0 Å². The molecule has 0 radical (unpaired) electrons. The minimum absolute atomic E-state index is 0.0338. The molecule has 3 nitrogen and oxygen atoms in total. The molecular weight excluding hydrogens is 310 g/mol. The number of para-hydroxylation sites is 1. The van der Waals surface area contributed by atoms with E-state index < -0.39 is 0 Å². The molecule has 3 aromatic rings. The second-order valence-corrected chi connectivity index (χ2v) is 5.81. The second kappa shape index (κ2) is 8.25. The van der Waals surface area contributed by atoms with Crippen LogP contribution in [0.15, 0.2) is 72.8 Å². The Morgan fingerprint density at radius 2 is 1.80 bits per heavy atom. The van der Waals surface area contributed by atoms with Gasteiger partial charge < -0.3 is 4.74 Å². The number of hydrogen-bond acceptors (Lipinski definition) is 3. The molecule has 0 spiro atoms. The zero-order chi connectivity index (χ0) is 17.5. The molecule has 1 heterocycles. The van der Waals surface area contributed by atoms with E-state index in [1.54, 1.807) is 0 Å². The number of benzene rings is 2. The summed E-state index contributed by atoms with van der Waals surface area (Å²) in [6, 6.07) is 22.1. The summed E-state index contributed by atoms with van der Waals surface area (Å²) in [5.74, 6) is -0.221. The monoisotopic (exact) mass is 331 g/mol. The Morgan fingerprint density at radius 1 is 1.04 bits per heavy atom. The molecule has 3 rings (SSSR count). The number of esters is 1. The normalized spacial score (nSPS) is 12.4. The maximum Gasteiger partial charge on any atom is 0.306 e. The van der Waals surface area contributed by atoms with Crippen molar-refractivity contribution < 1.29 is 9.53 Å². The van der Waals surface area contributed by atoms with Gasteiger partial charge in [0.1, 0.15) is 0 Å². The Labute approximate surface area is 148 Å². The van der Waals surface area contributed by atoms with Gasteiger partial charge in [-0.25, -0.2) is 4.98 Å². The van der Waals surface area contributed by atoms with Crippen LogP contribution in [0.5, 0.6) is 0 Å². The molecule has 1 unspecified atom stereocenters. The van der Waals surface area contributed by atoms with E-state index in [9.17, 15) is 4.79 Å². The third kappa shape index (κ3) is 4.54. The third-order valence-corrected chi connectivity index (χ3v) is 4.04. The molecule has 0 aliphatic carbocycles. The highest BCUT2D eigenvalue weighted by Crippen LogP contribution is 2.23. The summed E-state index contributed by atoms with van der Waals surface area (Å²) < 4.78 is 5.12. The van der Waals surface area contributed by atoms with E-state index in [1.807, 2.05) is 79.7 Å². The molecule has 0 saturated carbocycles. The van der Waals surface area contributed by atoms with E-state index in [-0.39, 0.29) is 11.9 Å². The molecular formula is C22H21NO2. The Morgan fingerprint density at radius 3 is 2.60 bits per heavy atom. The molecule has 0 amide bonds. The Hall–Kier alpha value is -2.94. The predicted molar refractivity (Wildman–Crippen MR) is 101 cm³/mol. The summed E-state index contributed by atoms with van der Waals surface area (Å²) in [6.07, 6.45) is 4.33. The van der Waals surface area contributed by atoms with E-state index in [1.165, 1.54) is 0 Å². The number of carbonyl (C=O) groups is 1. The van der Waals surface area contributed by atoms with Crippen molar-refractivity contribution in [1.82, 2.24) is 4.98 Å². The molecule has 0 N–H and O–H groups in total. The van der Waals surface area contributed by atoms with Crippen LogP contribution in [0.25, 0.3) is 17.0 Å². The van der Waals surface area contributed by atoms with Gasteiger partial charge in [0.2, 0.25) is 0 Å². The first-order valence-electron chi connectivity index (χ1n) is 8.51. The van der Waals surface area contributed by atoms with E-state index in [0.29, 0.717) is 13.0 Å². The van der Waals surface area contributed by atoms with Gasteiger partial charge in [0.25, 0.3) is 0 Å². The number of pyridine rings is 1. The molecule has 2 aromatic carbocycles. The van der Waals surface area contributed by atoms with Crippen LogP contribution in [-0.2, 0) is 9.53 Å². The number of carbonyl (C=O) groups excluding carboxylic acids is 1. The fourth-order valence-corrected chi connectivity index (χ4v) is 2.79. The highest BCUT2D eigenvalue weighted by Gasteiger charge is 2.14. The highest BCUT2D eigenvalue weighted by atomic mass is 16.5. The number of fused-ring (bicyclic) bond motifs is 1. The molecule has 3 heteroatoms. The van der Waals surface area contributed by atoms with Gasteiger partial charge >= 0.3 is 5.97 Å².